The molecule has 1 fully saturated rings. The van der Waals surface area contributed by atoms with Gasteiger partial charge in [0.2, 0.25) is 0 Å². The summed E-state index contributed by atoms with van der Waals surface area (Å²) >= 11 is 1.36. The summed E-state index contributed by atoms with van der Waals surface area (Å²) in [6, 6.07) is 5.22. The van der Waals surface area contributed by atoms with Crippen LogP contribution in [0.4, 0.5) is 5.69 Å². The number of rotatable bonds is 12. The number of benzene rings is 1. The van der Waals surface area contributed by atoms with E-state index in [1.807, 2.05) is 42.9 Å². The van der Waals surface area contributed by atoms with E-state index in [1.54, 1.807) is 18.1 Å². The Kier molecular flexibility index (Phi) is 9.30. The van der Waals surface area contributed by atoms with Crippen LogP contribution < -0.4 is 14.9 Å². The molecular weight excluding hydrogens is 442 g/mol. The van der Waals surface area contributed by atoms with Crippen molar-refractivity contribution in [1.82, 2.24) is 19.6 Å². The lowest BCUT2D eigenvalue weighted by Gasteiger charge is -2.22. The van der Waals surface area contributed by atoms with Gasteiger partial charge in [0.15, 0.2) is 0 Å². The lowest BCUT2D eigenvalue weighted by molar-refractivity contribution is -0.145. The summed E-state index contributed by atoms with van der Waals surface area (Å²) in [5.74, 6) is 0.383. The number of hydrogen-bond donors (Lipinski definition) is 3. The van der Waals surface area contributed by atoms with E-state index in [2.05, 4.69) is 15.0 Å². The Morgan fingerprint density at radius 1 is 1.42 bits per heavy atom. The Hall–Kier alpha value is -2.40. The van der Waals surface area contributed by atoms with Gasteiger partial charge in [0.25, 0.3) is 5.91 Å². The third-order valence-electron chi connectivity index (χ3n) is 5.64. The van der Waals surface area contributed by atoms with Crippen LogP contribution in [0.5, 0.6) is 0 Å². The van der Waals surface area contributed by atoms with Gasteiger partial charge in [-0.2, -0.15) is 0 Å². The molecule has 10 heteroatoms. The third-order valence-corrected chi connectivity index (χ3v) is 6.65. The number of anilines is 1. The minimum Gasteiger partial charge on any atom is -0.464 e. The molecule has 2 aromatic rings. The van der Waals surface area contributed by atoms with Crippen LogP contribution in [0, 0.1) is 0 Å². The second-order valence-corrected chi connectivity index (χ2v) is 8.84. The lowest BCUT2D eigenvalue weighted by atomic mass is 10.1. The number of aromatic nitrogens is 2. The Labute approximate surface area is 199 Å². The van der Waals surface area contributed by atoms with Gasteiger partial charge in [-0.25, -0.2) is 9.71 Å². The standard InChI is InChI=1S/C23H33N5O4S/c1-4-16-18(28-12-10-19(29)22(28)30)7-5-8-20(16)33-26-17(15-24-2)23(31)32-14-6-9-21-25-11-13-27(21)3/h5,7-8,11,13,17,19,24,26,29H,4,6,9-10,12,14-15H2,1-3H3/t17-,19-/m0/s1. The Balaban J connectivity index is 1.58. The normalized spacial score (nSPS) is 16.9. The zero-order valence-corrected chi connectivity index (χ0v) is 20.2. The van der Waals surface area contributed by atoms with Gasteiger partial charge in [-0.05, 0) is 49.5 Å². The average molecular weight is 476 g/mol. The van der Waals surface area contributed by atoms with Crippen LogP contribution in [-0.2, 0) is 34.2 Å². The van der Waals surface area contributed by atoms with Gasteiger partial charge in [-0.1, -0.05) is 13.0 Å². The third kappa shape index (κ3) is 6.35. The van der Waals surface area contributed by atoms with Crippen molar-refractivity contribution in [3.63, 3.8) is 0 Å². The molecular formula is C23H33N5O4S. The van der Waals surface area contributed by atoms with Crippen LogP contribution in [0.3, 0.4) is 0 Å². The first-order valence-electron chi connectivity index (χ1n) is 11.3. The van der Waals surface area contributed by atoms with E-state index in [0.29, 0.717) is 39.0 Å². The molecule has 33 heavy (non-hydrogen) atoms. The van der Waals surface area contributed by atoms with E-state index in [1.165, 1.54) is 11.9 Å². The Bertz CT molecular complexity index is 951. The zero-order valence-electron chi connectivity index (χ0n) is 19.4. The molecule has 1 aromatic carbocycles. The number of aliphatic hydroxyl groups is 1. The molecule has 0 saturated carbocycles. The maximum atomic E-state index is 12.7. The first-order valence-corrected chi connectivity index (χ1v) is 12.1. The van der Waals surface area contributed by atoms with E-state index in [-0.39, 0.29) is 11.9 Å². The van der Waals surface area contributed by atoms with E-state index in [9.17, 15) is 14.7 Å². The highest BCUT2D eigenvalue weighted by Gasteiger charge is 2.32. The summed E-state index contributed by atoms with van der Waals surface area (Å²) in [6.07, 6.45) is 5.32. The van der Waals surface area contributed by atoms with E-state index in [4.69, 9.17) is 4.74 Å². The molecule has 2 heterocycles. The van der Waals surface area contributed by atoms with Crippen LogP contribution in [0.15, 0.2) is 35.5 Å². The summed E-state index contributed by atoms with van der Waals surface area (Å²) in [5.41, 5.74) is 1.82. The molecule has 1 amide bonds. The van der Waals surface area contributed by atoms with Gasteiger partial charge in [0, 0.05) is 56.0 Å². The van der Waals surface area contributed by atoms with Crippen molar-refractivity contribution >= 4 is 29.5 Å². The maximum absolute atomic E-state index is 12.7. The molecule has 0 unspecified atom stereocenters. The first kappa shape index (κ1) is 25.2. The quantitative estimate of drug-likeness (QED) is 0.240. The zero-order chi connectivity index (χ0) is 23.8. The number of ether oxygens (including phenoxy) is 1. The number of nitrogens with zero attached hydrogens (tertiary/aromatic N) is 3. The van der Waals surface area contributed by atoms with Crippen LogP contribution in [0.1, 0.15) is 31.2 Å². The minimum absolute atomic E-state index is 0.262. The molecule has 0 aliphatic carbocycles. The van der Waals surface area contributed by atoms with Crippen molar-refractivity contribution in [2.24, 2.45) is 7.05 Å². The van der Waals surface area contributed by atoms with Gasteiger partial charge in [-0.15, -0.1) is 0 Å². The van der Waals surface area contributed by atoms with Gasteiger partial charge in [0.1, 0.15) is 18.0 Å². The molecule has 1 aliphatic rings. The monoisotopic (exact) mass is 475 g/mol. The van der Waals surface area contributed by atoms with Gasteiger partial charge < -0.3 is 24.6 Å². The molecule has 0 radical (unpaired) electrons. The van der Waals surface area contributed by atoms with Crippen LogP contribution in [-0.4, -0.2) is 65.4 Å². The molecule has 3 N–H and O–H groups in total. The fourth-order valence-corrected chi connectivity index (χ4v) is 4.78. The molecule has 180 valence electrons. The van der Waals surface area contributed by atoms with Crippen molar-refractivity contribution in [1.29, 1.82) is 0 Å². The van der Waals surface area contributed by atoms with Gasteiger partial charge in [0.05, 0.1) is 6.61 Å². The second kappa shape index (κ2) is 12.2. The summed E-state index contributed by atoms with van der Waals surface area (Å²) in [7, 11) is 3.73. The molecule has 3 rings (SSSR count). The maximum Gasteiger partial charge on any atom is 0.325 e. The van der Waals surface area contributed by atoms with Crippen molar-refractivity contribution in [2.75, 3.05) is 31.6 Å². The van der Waals surface area contributed by atoms with Crippen LogP contribution in [0.25, 0.3) is 0 Å². The van der Waals surface area contributed by atoms with Gasteiger partial charge in [-0.3, -0.25) is 9.59 Å². The first-order chi connectivity index (χ1) is 16.0. The fraction of sp³-hybridized carbons (Fsp3) is 0.522. The lowest BCUT2D eigenvalue weighted by Crippen LogP contribution is -2.41. The predicted molar refractivity (Wildman–Crippen MR) is 128 cm³/mol. The molecule has 2 atom stereocenters. The number of carbonyl (C=O) groups excluding carboxylic acids is 2. The minimum atomic E-state index is -0.934. The molecule has 1 saturated heterocycles. The Morgan fingerprint density at radius 3 is 2.88 bits per heavy atom. The van der Waals surface area contributed by atoms with Gasteiger partial charge >= 0.3 is 5.97 Å². The number of amides is 1. The molecule has 9 nitrogen and oxygen atoms in total. The summed E-state index contributed by atoms with van der Waals surface area (Å²) < 4.78 is 10.7. The highest BCUT2D eigenvalue weighted by Crippen LogP contribution is 2.32. The Morgan fingerprint density at radius 2 is 2.24 bits per heavy atom. The summed E-state index contributed by atoms with van der Waals surface area (Å²) in [4.78, 5) is 31.8. The number of hydrogen-bond acceptors (Lipinski definition) is 8. The topological polar surface area (TPSA) is 109 Å². The number of nitrogens with one attached hydrogen (secondary N) is 2. The van der Waals surface area contributed by atoms with E-state index in [0.717, 1.165) is 28.4 Å². The van der Waals surface area contributed by atoms with Crippen LogP contribution in [0.2, 0.25) is 0 Å². The fourth-order valence-electron chi connectivity index (χ4n) is 3.81. The average Bonchev–Trinajstić information content (AvgIpc) is 3.38. The number of imidazole rings is 1. The summed E-state index contributed by atoms with van der Waals surface area (Å²) in [5, 5.41) is 12.9. The number of aryl methyl sites for hydroxylation is 2. The number of esters is 1. The number of aliphatic hydroxyl groups excluding tert-OH is 1. The van der Waals surface area contributed by atoms with Crippen LogP contribution >= 0.6 is 11.9 Å². The molecule has 1 aliphatic heterocycles. The molecule has 0 spiro atoms. The van der Waals surface area contributed by atoms with Crippen molar-refractivity contribution in [2.45, 2.75) is 49.6 Å². The predicted octanol–water partition coefficient (Wildman–Crippen LogP) is 1.44. The van der Waals surface area contributed by atoms with Crippen molar-refractivity contribution < 1.29 is 19.4 Å². The highest BCUT2D eigenvalue weighted by atomic mass is 32.2. The molecule has 1 aromatic heterocycles. The SMILES string of the molecule is CCc1c(SN[C@@H](CNC)C(=O)OCCCc2nccn2C)cccc1N1CC[C@H](O)C1=O. The molecule has 0 bridgehead atoms. The summed E-state index contributed by atoms with van der Waals surface area (Å²) in [6.45, 7) is 3.28. The number of carbonyl (C=O) groups is 2. The van der Waals surface area contributed by atoms with E-state index < -0.39 is 12.1 Å². The largest absolute Gasteiger partial charge is 0.464 e. The smallest absolute Gasteiger partial charge is 0.325 e. The van der Waals surface area contributed by atoms with Crippen molar-refractivity contribution in [3.05, 3.63) is 42.0 Å². The number of likely N-dealkylation sites (N-methyl/N-ethyl adjacent to an activating group) is 1. The highest BCUT2D eigenvalue weighted by molar-refractivity contribution is 7.97. The van der Waals surface area contributed by atoms with E-state index >= 15 is 0 Å². The second-order valence-electron chi connectivity index (χ2n) is 7.96. The van der Waals surface area contributed by atoms with Crippen molar-refractivity contribution in [3.8, 4) is 0 Å².